The van der Waals surface area contributed by atoms with E-state index < -0.39 is 33.9 Å². The van der Waals surface area contributed by atoms with Crippen molar-refractivity contribution in [1.29, 1.82) is 0 Å². The lowest BCUT2D eigenvalue weighted by Crippen LogP contribution is -2.32. The number of ether oxygens (including phenoxy) is 2. The summed E-state index contributed by atoms with van der Waals surface area (Å²) >= 11 is 3.17. The summed E-state index contributed by atoms with van der Waals surface area (Å²) in [4.78, 5) is 50.3. The molecule has 0 aliphatic heterocycles. The third-order valence-electron chi connectivity index (χ3n) is 4.27. The van der Waals surface area contributed by atoms with Gasteiger partial charge in [-0.1, -0.05) is 28.1 Å². The summed E-state index contributed by atoms with van der Waals surface area (Å²) in [5, 5.41) is 15.7. The fourth-order valence-electron chi connectivity index (χ4n) is 2.82. The van der Waals surface area contributed by atoms with E-state index in [1.807, 2.05) is 0 Å². The molecule has 12 heteroatoms. The number of carbonyl (C=O) groups is 1. The molecule has 1 N–H and O–H groups in total. The van der Waals surface area contributed by atoms with Crippen LogP contribution < -0.4 is 16.0 Å². The minimum Gasteiger partial charge on any atom is -0.471 e. The van der Waals surface area contributed by atoms with Gasteiger partial charge in [-0.05, 0) is 32.0 Å². The number of nitrogens with zero attached hydrogens (tertiary/aromatic N) is 3. The van der Waals surface area contributed by atoms with E-state index in [1.165, 1.54) is 25.1 Å². The molecule has 3 aromatic rings. The van der Waals surface area contributed by atoms with Crippen molar-refractivity contribution < 1.29 is 19.2 Å². The van der Waals surface area contributed by atoms with E-state index in [0.717, 1.165) is 6.21 Å². The Bertz CT molecular complexity index is 1350. The lowest BCUT2D eigenvalue weighted by atomic mass is 10.2. The van der Waals surface area contributed by atoms with Crippen LogP contribution in [0.25, 0.3) is 10.9 Å². The standard InChI is InChI=1S/C20H17BrN4O7/c1-3-31-19(27)11(2)32-17-12(8-13(21)9-16(17)25(29)30)10-22-24-18(26)14-6-4-5-7-15(14)23-20(24)28/h4-11H,3H2,1-2H3,(H,23,28)/t11-/m1/s1. The van der Waals surface area contributed by atoms with Crippen LogP contribution in [0.15, 0.2) is 55.6 Å². The van der Waals surface area contributed by atoms with Gasteiger partial charge in [-0.25, -0.2) is 9.59 Å². The van der Waals surface area contributed by atoms with Crippen LogP contribution >= 0.6 is 15.9 Å². The molecule has 0 amide bonds. The molecule has 32 heavy (non-hydrogen) atoms. The summed E-state index contributed by atoms with van der Waals surface area (Å²) in [7, 11) is 0. The first-order valence-corrected chi connectivity index (χ1v) is 10.1. The van der Waals surface area contributed by atoms with Gasteiger partial charge in [0.05, 0.1) is 28.6 Å². The molecule has 0 fully saturated rings. The van der Waals surface area contributed by atoms with E-state index in [2.05, 4.69) is 26.0 Å². The molecular formula is C20H17BrN4O7. The van der Waals surface area contributed by atoms with Gasteiger partial charge >= 0.3 is 17.3 Å². The first kappa shape index (κ1) is 22.9. The molecule has 0 aliphatic rings. The molecule has 0 saturated carbocycles. The summed E-state index contributed by atoms with van der Waals surface area (Å²) in [6, 6.07) is 9.03. The van der Waals surface area contributed by atoms with E-state index >= 15 is 0 Å². The van der Waals surface area contributed by atoms with E-state index in [-0.39, 0.29) is 23.3 Å². The molecule has 3 rings (SSSR count). The van der Waals surface area contributed by atoms with Crippen LogP contribution in [-0.4, -0.2) is 39.5 Å². The molecule has 166 valence electrons. The third-order valence-corrected chi connectivity index (χ3v) is 4.73. The minimum atomic E-state index is -1.16. The molecule has 2 aromatic carbocycles. The van der Waals surface area contributed by atoms with Crippen LogP contribution in [0.2, 0.25) is 0 Å². The van der Waals surface area contributed by atoms with Crippen molar-refractivity contribution >= 4 is 44.7 Å². The lowest BCUT2D eigenvalue weighted by Gasteiger charge is -2.15. The number of nitrogens with one attached hydrogen (secondary N) is 1. The summed E-state index contributed by atoms with van der Waals surface area (Å²) in [5.74, 6) is -0.984. The normalized spacial score (nSPS) is 12.1. The molecular weight excluding hydrogens is 488 g/mol. The van der Waals surface area contributed by atoms with Gasteiger partial charge in [0.1, 0.15) is 0 Å². The maximum atomic E-state index is 12.7. The quantitative estimate of drug-likeness (QED) is 0.225. The van der Waals surface area contributed by atoms with Crippen molar-refractivity contribution in [1.82, 2.24) is 9.66 Å². The van der Waals surface area contributed by atoms with Crippen LogP contribution in [0.4, 0.5) is 5.69 Å². The predicted molar refractivity (Wildman–Crippen MR) is 119 cm³/mol. The Hall–Kier alpha value is -3.80. The molecule has 0 aliphatic carbocycles. The number of halogens is 1. The summed E-state index contributed by atoms with van der Waals surface area (Å²) in [6.07, 6.45) is -0.0927. The average Bonchev–Trinajstić information content (AvgIpc) is 2.74. The van der Waals surface area contributed by atoms with Crippen molar-refractivity contribution in [3.63, 3.8) is 0 Å². The van der Waals surface area contributed by atoms with E-state index in [9.17, 15) is 24.5 Å². The van der Waals surface area contributed by atoms with Crippen LogP contribution in [0.5, 0.6) is 5.75 Å². The number of fused-ring (bicyclic) bond motifs is 1. The van der Waals surface area contributed by atoms with Gasteiger partial charge in [0.25, 0.3) is 5.56 Å². The second-order valence-electron chi connectivity index (χ2n) is 6.45. The topological polar surface area (TPSA) is 146 Å². The number of nitro groups is 1. The maximum absolute atomic E-state index is 12.7. The van der Waals surface area contributed by atoms with Gasteiger partial charge in [-0.15, -0.1) is 4.68 Å². The van der Waals surface area contributed by atoms with Crippen molar-refractivity contribution in [2.24, 2.45) is 5.10 Å². The van der Waals surface area contributed by atoms with E-state index in [4.69, 9.17) is 9.47 Å². The number of para-hydroxylation sites is 1. The van der Waals surface area contributed by atoms with Gasteiger partial charge < -0.3 is 14.5 Å². The number of benzene rings is 2. The molecule has 1 heterocycles. The van der Waals surface area contributed by atoms with E-state index in [0.29, 0.717) is 14.7 Å². The molecule has 0 unspecified atom stereocenters. The van der Waals surface area contributed by atoms with E-state index in [1.54, 1.807) is 25.1 Å². The van der Waals surface area contributed by atoms with Crippen LogP contribution in [0.3, 0.4) is 0 Å². The molecule has 1 atom stereocenters. The smallest absolute Gasteiger partial charge is 0.349 e. The predicted octanol–water partition coefficient (Wildman–Crippen LogP) is 2.57. The zero-order chi connectivity index (χ0) is 23.4. The minimum absolute atomic E-state index is 0.0571. The zero-order valence-corrected chi connectivity index (χ0v) is 18.5. The number of nitro benzene ring substituents is 1. The number of esters is 1. The number of hydrogen-bond acceptors (Lipinski definition) is 8. The second-order valence-corrected chi connectivity index (χ2v) is 7.37. The molecule has 0 saturated heterocycles. The highest BCUT2D eigenvalue weighted by molar-refractivity contribution is 9.10. The average molecular weight is 505 g/mol. The summed E-state index contributed by atoms with van der Waals surface area (Å²) in [6.45, 7) is 3.10. The molecule has 0 spiro atoms. The Morgan fingerprint density at radius 1 is 1.34 bits per heavy atom. The number of aromatic amines is 1. The lowest BCUT2D eigenvalue weighted by molar-refractivity contribution is -0.386. The van der Waals surface area contributed by atoms with Crippen LogP contribution in [0.1, 0.15) is 19.4 Å². The number of H-pyrrole nitrogens is 1. The Kier molecular flexibility index (Phi) is 6.83. The fraction of sp³-hybridized carbons (Fsp3) is 0.200. The van der Waals surface area contributed by atoms with Crippen molar-refractivity contribution in [2.75, 3.05) is 6.61 Å². The monoisotopic (exact) mass is 504 g/mol. The zero-order valence-electron chi connectivity index (χ0n) is 16.9. The Morgan fingerprint density at radius 3 is 2.75 bits per heavy atom. The van der Waals surface area contributed by atoms with Gasteiger partial charge in [-0.2, -0.15) is 5.10 Å². The largest absolute Gasteiger partial charge is 0.471 e. The van der Waals surface area contributed by atoms with Crippen molar-refractivity contribution in [3.05, 3.63) is 77.4 Å². The third kappa shape index (κ3) is 4.75. The van der Waals surface area contributed by atoms with Gasteiger partial charge in [-0.3, -0.25) is 14.9 Å². The van der Waals surface area contributed by atoms with Crippen LogP contribution in [0, 0.1) is 10.1 Å². The fourth-order valence-corrected chi connectivity index (χ4v) is 3.29. The molecule has 11 nitrogen and oxygen atoms in total. The highest BCUT2D eigenvalue weighted by Crippen LogP contribution is 2.34. The van der Waals surface area contributed by atoms with Gasteiger partial charge in [0.15, 0.2) is 6.10 Å². The highest BCUT2D eigenvalue weighted by atomic mass is 79.9. The molecule has 0 bridgehead atoms. The van der Waals surface area contributed by atoms with Crippen LogP contribution in [-0.2, 0) is 9.53 Å². The Labute approximate surface area is 188 Å². The number of hydrogen-bond donors (Lipinski definition) is 1. The van der Waals surface area contributed by atoms with Crippen molar-refractivity contribution in [2.45, 2.75) is 20.0 Å². The molecule has 1 aromatic heterocycles. The van der Waals surface area contributed by atoms with Crippen molar-refractivity contribution in [3.8, 4) is 5.75 Å². The first-order valence-electron chi connectivity index (χ1n) is 9.32. The Balaban J connectivity index is 2.12. The SMILES string of the molecule is CCOC(=O)[C@@H](C)Oc1c(C=Nn2c(=O)[nH]c3ccccc3c2=O)cc(Br)cc1[N+](=O)[O-]. The highest BCUT2D eigenvalue weighted by Gasteiger charge is 2.25. The number of rotatable bonds is 7. The second kappa shape index (κ2) is 9.56. The van der Waals surface area contributed by atoms with Gasteiger partial charge in [0.2, 0.25) is 5.75 Å². The summed E-state index contributed by atoms with van der Waals surface area (Å²) in [5.41, 5.74) is -1.51. The molecule has 0 radical (unpaired) electrons. The number of carbonyl (C=O) groups excluding carboxylic acids is 1. The maximum Gasteiger partial charge on any atom is 0.349 e. The Morgan fingerprint density at radius 2 is 2.06 bits per heavy atom. The first-order chi connectivity index (χ1) is 15.2. The van der Waals surface area contributed by atoms with Gasteiger partial charge in [0, 0.05) is 16.1 Å². The summed E-state index contributed by atoms with van der Waals surface area (Å²) < 4.78 is 11.3. The number of aromatic nitrogens is 2.